The van der Waals surface area contributed by atoms with Gasteiger partial charge in [-0.1, -0.05) is 48.0 Å². The van der Waals surface area contributed by atoms with Crippen molar-refractivity contribution in [2.75, 3.05) is 0 Å². The van der Waals surface area contributed by atoms with E-state index in [0.29, 0.717) is 12.4 Å². The number of carbonyl (C=O) groups excluding carboxylic acids is 1. The van der Waals surface area contributed by atoms with E-state index in [2.05, 4.69) is 29.2 Å². The summed E-state index contributed by atoms with van der Waals surface area (Å²) in [5.74, 6) is 0.441. The van der Waals surface area contributed by atoms with Crippen molar-refractivity contribution in [1.82, 2.24) is 9.55 Å². The summed E-state index contributed by atoms with van der Waals surface area (Å²) in [4.78, 5) is 14.8. The average molecular weight is 297 g/mol. The van der Waals surface area contributed by atoms with E-state index >= 15 is 0 Å². The number of hydrogen-bond donors (Lipinski definition) is 0. The van der Waals surface area contributed by atoms with Crippen molar-refractivity contribution in [3.8, 4) is 11.1 Å². The van der Waals surface area contributed by atoms with E-state index in [1.807, 2.05) is 28.8 Å². The first kappa shape index (κ1) is 13.6. The fourth-order valence-corrected chi connectivity index (χ4v) is 2.34. The van der Waals surface area contributed by atoms with Gasteiger partial charge in [0, 0.05) is 24.0 Å². The number of nitrogens with zero attached hydrogens (tertiary/aromatic N) is 2. The number of hydrogen-bond acceptors (Lipinski definition) is 2. The van der Waals surface area contributed by atoms with Gasteiger partial charge in [-0.05, 0) is 28.8 Å². The smallest absolute Gasteiger partial charge is 0.185 e. The Balaban J connectivity index is 1.81. The molecule has 0 radical (unpaired) electrons. The highest BCUT2D eigenvalue weighted by Gasteiger charge is 2.03. The zero-order chi connectivity index (χ0) is 14.7. The van der Waals surface area contributed by atoms with Crippen LogP contribution in [-0.4, -0.2) is 15.8 Å². The highest BCUT2D eigenvalue weighted by molar-refractivity contribution is 6.30. The van der Waals surface area contributed by atoms with Crippen molar-refractivity contribution in [1.29, 1.82) is 0 Å². The molecule has 0 saturated heterocycles. The normalized spacial score (nSPS) is 10.5. The molecule has 1 heterocycles. The summed E-state index contributed by atoms with van der Waals surface area (Å²) in [6, 6.07) is 16.0. The molecule has 2 aromatic carbocycles. The number of imidazole rings is 1. The molecular formula is C17H13ClN2O. The van der Waals surface area contributed by atoms with E-state index in [1.165, 1.54) is 0 Å². The minimum atomic E-state index is 0.441. The minimum absolute atomic E-state index is 0.441. The second-order valence-electron chi connectivity index (χ2n) is 4.74. The zero-order valence-corrected chi connectivity index (χ0v) is 12.0. The molecule has 0 unspecified atom stereocenters. The molecule has 0 saturated carbocycles. The third-order valence-corrected chi connectivity index (χ3v) is 3.59. The van der Waals surface area contributed by atoms with Gasteiger partial charge in [0.2, 0.25) is 0 Å². The van der Waals surface area contributed by atoms with Gasteiger partial charge in [-0.2, -0.15) is 0 Å². The van der Waals surface area contributed by atoms with Crippen LogP contribution >= 0.6 is 11.6 Å². The van der Waals surface area contributed by atoms with Crippen LogP contribution in [0.5, 0.6) is 0 Å². The molecule has 0 N–H and O–H groups in total. The van der Waals surface area contributed by atoms with Crippen LogP contribution in [0.1, 0.15) is 16.2 Å². The van der Waals surface area contributed by atoms with E-state index < -0.39 is 0 Å². The molecular weight excluding hydrogens is 284 g/mol. The third kappa shape index (κ3) is 3.03. The first-order valence-electron chi connectivity index (χ1n) is 6.57. The Bertz CT molecular complexity index is 745. The van der Waals surface area contributed by atoms with E-state index in [-0.39, 0.29) is 0 Å². The number of carbonyl (C=O) groups is 1. The van der Waals surface area contributed by atoms with Gasteiger partial charge in [0.25, 0.3) is 0 Å². The lowest BCUT2D eigenvalue weighted by Gasteiger charge is -2.07. The van der Waals surface area contributed by atoms with E-state index in [4.69, 9.17) is 11.6 Å². The zero-order valence-electron chi connectivity index (χ0n) is 11.2. The van der Waals surface area contributed by atoms with Gasteiger partial charge in [-0.3, -0.25) is 4.79 Å². The Hall–Kier alpha value is -2.39. The number of aldehydes is 1. The quantitative estimate of drug-likeness (QED) is 0.680. The Morgan fingerprint density at radius 3 is 2.24 bits per heavy atom. The third-order valence-electron chi connectivity index (χ3n) is 3.34. The monoisotopic (exact) mass is 296 g/mol. The molecule has 21 heavy (non-hydrogen) atoms. The predicted molar refractivity (Wildman–Crippen MR) is 83.6 cm³/mol. The molecule has 0 spiro atoms. The molecule has 0 bridgehead atoms. The van der Waals surface area contributed by atoms with Crippen LogP contribution in [0, 0.1) is 0 Å². The van der Waals surface area contributed by atoms with Crippen molar-refractivity contribution in [2.45, 2.75) is 6.54 Å². The van der Waals surface area contributed by atoms with Crippen molar-refractivity contribution in [3.05, 3.63) is 77.3 Å². The van der Waals surface area contributed by atoms with Gasteiger partial charge in [0.1, 0.15) is 0 Å². The number of benzene rings is 2. The van der Waals surface area contributed by atoms with Gasteiger partial charge >= 0.3 is 0 Å². The topological polar surface area (TPSA) is 34.9 Å². The Morgan fingerprint density at radius 1 is 1.00 bits per heavy atom. The predicted octanol–water partition coefficient (Wildman–Crippen LogP) is 4.06. The number of aromatic nitrogens is 2. The molecule has 1 aromatic heterocycles. The molecule has 0 aliphatic carbocycles. The van der Waals surface area contributed by atoms with Crippen molar-refractivity contribution < 1.29 is 4.79 Å². The first-order valence-corrected chi connectivity index (χ1v) is 6.95. The first-order chi connectivity index (χ1) is 10.3. The SMILES string of the molecule is O=Cc1nccn1Cc1ccc(-c2ccc(Cl)cc2)cc1. The van der Waals surface area contributed by atoms with Crippen LogP contribution in [0.4, 0.5) is 0 Å². The van der Waals surface area contributed by atoms with Crippen LogP contribution in [0.3, 0.4) is 0 Å². The molecule has 3 nitrogen and oxygen atoms in total. The van der Waals surface area contributed by atoms with Crippen LogP contribution in [-0.2, 0) is 6.54 Å². The average Bonchev–Trinajstić information content (AvgIpc) is 2.96. The summed E-state index contributed by atoms with van der Waals surface area (Å²) >= 11 is 5.90. The highest BCUT2D eigenvalue weighted by atomic mass is 35.5. The van der Waals surface area contributed by atoms with Gasteiger partial charge in [-0.25, -0.2) is 4.98 Å². The van der Waals surface area contributed by atoms with E-state index in [9.17, 15) is 4.79 Å². The molecule has 0 fully saturated rings. The van der Waals surface area contributed by atoms with Crippen LogP contribution in [0.15, 0.2) is 60.9 Å². The number of rotatable bonds is 4. The molecule has 104 valence electrons. The van der Waals surface area contributed by atoms with Crippen LogP contribution in [0.2, 0.25) is 5.02 Å². The maximum atomic E-state index is 10.9. The molecule has 0 aliphatic heterocycles. The summed E-state index contributed by atoms with van der Waals surface area (Å²) in [5.41, 5.74) is 3.38. The summed E-state index contributed by atoms with van der Waals surface area (Å²) < 4.78 is 1.82. The van der Waals surface area contributed by atoms with Gasteiger partial charge in [-0.15, -0.1) is 0 Å². The lowest BCUT2D eigenvalue weighted by Crippen LogP contribution is -2.03. The van der Waals surface area contributed by atoms with Crippen LogP contribution in [0.25, 0.3) is 11.1 Å². The van der Waals surface area contributed by atoms with Gasteiger partial charge in [0.15, 0.2) is 12.1 Å². The lowest BCUT2D eigenvalue weighted by molar-refractivity contribution is 0.111. The van der Waals surface area contributed by atoms with Gasteiger partial charge in [0.05, 0.1) is 0 Å². The second kappa shape index (κ2) is 5.94. The summed E-state index contributed by atoms with van der Waals surface area (Å²) in [6.07, 6.45) is 4.20. The summed E-state index contributed by atoms with van der Waals surface area (Å²) in [7, 11) is 0. The number of halogens is 1. The molecule has 3 aromatic rings. The van der Waals surface area contributed by atoms with E-state index in [0.717, 1.165) is 28.0 Å². The fraction of sp³-hybridized carbons (Fsp3) is 0.0588. The molecule has 0 aliphatic rings. The van der Waals surface area contributed by atoms with Crippen molar-refractivity contribution >= 4 is 17.9 Å². The van der Waals surface area contributed by atoms with Gasteiger partial charge < -0.3 is 4.57 Å². The highest BCUT2D eigenvalue weighted by Crippen LogP contribution is 2.22. The van der Waals surface area contributed by atoms with Crippen molar-refractivity contribution in [2.24, 2.45) is 0 Å². The largest absolute Gasteiger partial charge is 0.324 e. The second-order valence-corrected chi connectivity index (χ2v) is 5.17. The summed E-state index contributed by atoms with van der Waals surface area (Å²) in [5, 5.41) is 0.733. The van der Waals surface area contributed by atoms with E-state index in [1.54, 1.807) is 12.4 Å². The maximum absolute atomic E-state index is 10.9. The Labute approximate surface area is 127 Å². The minimum Gasteiger partial charge on any atom is -0.324 e. The molecule has 3 rings (SSSR count). The Kier molecular flexibility index (Phi) is 3.84. The Morgan fingerprint density at radius 2 is 1.62 bits per heavy atom. The fourth-order valence-electron chi connectivity index (χ4n) is 2.21. The molecule has 4 heteroatoms. The standard InChI is InChI=1S/C17H13ClN2O/c18-16-7-5-15(6-8-16)14-3-1-13(2-4-14)11-20-10-9-19-17(20)12-21/h1-10,12H,11H2. The van der Waals surface area contributed by atoms with Crippen molar-refractivity contribution in [3.63, 3.8) is 0 Å². The van der Waals surface area contributed by atoms with Crippen LogP contribution < -0.4 is 0 Å². The molecule has 0 amide bonds. The maximum Gasteiger partial charge on any atom is 0.185 e. The lowest BCUT2D eigenvalue weighted by atomic mass is 10.0. The summed E-state index contributed by atoms with van der Waals surface area (Å²) in [6.45, 7) is 0.634. The molecule has 0 atom stereocenters.